The molecule has 1 amide bonds. The van der Waals surface area contributed by atoms with Gasteiger partial charge in [-0.2, -0.15) is 0 Å². The molecule has 2 unspecified atom stereocenters. The molecule has 4 nitrogen and oxygen atoms in total. The molecule has 0 radical (unpaired) electrons. The largest absolute Gasteiger partial charge is 0.480 e. The molecule has 1 aromatic carbocycles. The second-order valence-electron chi connectivity index (χ2n) is 4.59. The lowest BCUT2D eigenvalue weighted by atomic mass is 10.1. The Morgan fingerprint density at radius 1 is 1.39 bits per heavy atom. The van der Waals surface area contributed by atoms with E-state index < -0.39 is 5.97 Å². The third-order valence-corrected chi connectivity index (χ3v) is 3.15. The van der Waals surface area contributed by atoms with Gasteiger partial charge in [-0.25, -0.2) is 4.39 Å². The van der Waals surface area contributed by atoms with Crippen molar-refractivity contribution in [2.24, 2.45) is 5.92 Å². The van der Waals surface area contributed by atoms with Crippen molar-refractivity contribution in [3.8, 4) is 0 Å². The number of carbonyl (C=O) groups is 2. The average molecular weight is 251 g/mol. The Bertz CT molecular complexity index is 472. The molecule has 1 fully saturated rings. The zero-order chi connectivity index (χ0) is 13.3. The van der Waals surface area contributed by atoms with Crippen LogP contribution in [0.15, 0.2) is 24.3 Å². The number of carbonyl (C=O) groups excluding carboxylic acids is 1. The molecular formula is C13H14FNO3. The molecule has 1 aliphatic carbocycles. The average Bonchev–Trinajstić information content (AvgIpc) is 3.08. The maximum Gasteiger partial charge on any atom is 0.323 e. The van der Waals surface area contributed by atoms with E-state index in [1.54, 1.807) is 12.1 Å². The van der Waals surface area contributed by atoms with Crippen LogP contribution in [0.1, 0.15) is 17.9 Å². The maximum absolute atomic E-state index is 12.8. The Kier molecular flexibility index (Phi) is 3.32. The molecule has 2 atom stereocenters. The van der Waals surface area contributed by atoms with E-state index in [4.69, 9.17) is 5.11 Å². The topological polar surface area (TPSA) is 57.6 Å². The first kappa shape index (κ1) is 12.5. The minimum absolute atomic E-state index is 0.0920. The second-order valence-corrected chi connectivity index (χ2v) is 4.59. The zero-order valence-corrected chi connectivity index (χ0v) is 9.97. The molecule has 0 aliphatic heterocycles. The molecule has 0 spiro atoms. The van der Waals surface area contributed by atoms with Crippen LogP contribution in [0.2, 0.25) is 0 Å². The Labute approximate surface area is 104 Å². The summed E-state index contributed by atoms with van der Waals surface area (Å²) >= 11 is 0. The number of amides is 1. The monoisotopic (exact) mass is 251 g/mol. The maximum atomic E-state index is 12.8. The number of aliphatic carboxylic acids is 1. The van der Waals surface area contributed by atoms with E-state index in [1.807, 2.05) is 0 Å². The van der Waals surface area contributed by atoms with Gasteiger partial charge in [0.25, 0.3) is 0 Å². The first-order valence-electron chi connectivity index (χ1n) is 5.71. The van der Waals surface area contributed by atoms with E-state index >= 15 is 0 Å². The van der Waals surface area contributed by atoms with Crippen molar-refractivity contribution in [1.82, 2.24) is 4.90 Å². The molecule has 0 saturated heterocycles. The number of nitrogens with zero attached hydrogens (tertiary/aromatic N) is 1. The number of hydrogen-bond acceptors (Lipinski definition) is 2. The lowest BCUT2D eigenvalue weighted by Gasteiger charge is -2.14. The molecule has 1 aromatic rings. The lowest BCUT2D eigenvalue weighted by molar-refractivity contribution is -0.144. The van der Waals surface area contributed by atoms with Crippen LogP contribution in [0.3, 0.4) is 0 Å². The molecule has 5 heteroatoms. The predicted octanol–water partition coefficient (Wildman–Crippen LogP) is 1.47. The SMILES string of the molecule is CN(CC(=O)O)C(=O)C1CC1c1ccc(F)cc1. The minimum atomic E-state index is -1.02. The first-order chi connectivity index (χ1) is 8.49. The Hall–Kier alpha value is -1.91. The highest BCUT2D eigenvalue weighted by atomic mass is 19.1. The molecular weight excluding hydrogens is 237 g/mol. The Balaban J connectivity index is 1.96. The standard InChI is InChI=1S/C13H14FNO3/c1-15(7-12(16)17)13(18)11-6-10(11)8-2-4-9(14)5-3-8/h2-5,10-11H,6-7H2,1H3,(H,16,17). The van der Waals surface area contributed by atoms with Gasteiger partial charge in [-0.05, 0) is 30.0 Å². The summed E-state index contributed by atoms with van der Waals surface area (Å²) in [5.74, 6) is -1.56. The molecule has 0 bridgehead atoms. The van der Waals surface area contributed by atoms with Crippen molar-refractivity contribution in [2.45, 2.75) is 12.3 Å². The number of benzene rings is 1. The molecule has 96 valence electrons. The smallest absolute Gasteiger partial charge is 0.323 e. The number of carboxylic acid groups (broad SMARTS) is 1. The van der Waals surface area contributed by atoms with Gasteiger partial charge in [0, 0.05) is 13.0 Å². The van der Waals surface area contributed by atoms with Crippen molar-refractivity contribution in [3.63, 3.8) is 0 Å². The Morgan fingerprint density at radius 3 is 2.56 bits per heavy atom. The summed E-state index contributed by atoms with van der Waals surface area (Å²) in [4.78, 5) is 23.6. The molecule has 1 aliphatic rings. The number of carboxylic acids is 1. The predicted molar refractivity (Wildman–Crippen MR) is 62.5 cm³/mol. The van der Waals surface area contributed by atoms with Crippen LogP contribution in [0.25, 0.3) is 0 Å². The third kappa shape index (κ3) is 2.67. The van der Waals surface area contributed by atoms with Gasteiger partial charge in [-0.3, -0.25) is 9.59 Å². The van der Waals surface area contributed by atoms with Crippen molar-refractivity contribution in [2.75, 3.05) is 13.6 Å². The van der Waals surface area contributed by atoms with Gasteiger partial charge in [-0.15, -0.1) is 0 Å². The summed E-state index contributed by atoms with van der Waals surface area (Å²) in [5, 5.41) is 8.61. The fraction of sp³-hybridized carbons (Fsp3) is 0.385. The van der Waals surface area contributed by atoms with Gasteiger partial charge in [0.05, 0.1) is 0 Å². The van der Waals surface area contributed by atoms with E-state index in [2.05, 4.69) is 0 Å². The van der Waals surface area contributed by atoms with Crippen molar-refractivity contribution >= 4 is 11.9 Å². The van der Waals surface area contributed by atoms with Crippen LogP contribution in [0, 0.1) is 11.7 Å². The van der Waals surface area contributed by atoms with Crippen LogP contribution >= 0.6 is 0 Å². The fourth-order valence-electron chi connectivity index (χ4n) is 2.11. The molecule has 1 saturated carbocycles. The van der Waals surface area contributed by atoms with E-state index in [1.165, 1.54) is 24.1 Å². The highest BCUT2D eigenvalue weighted by Gasteiger charge is 2.45. The normalized spacial score (nSPS) is 21.4. The van der Waals surface area contributed by atoms with E-state index in [9.17, 15) is 14.0 Å². The van der Waals surface area contributed by atoms with Gasteiger partial charge in [0.1, 0.15) is 12.4 Å². The van der Waals surface area contributed by atoms with E-state index in [0.29, 0.717) is 6.42 Å². The molecule has 2 rings (SSSR count). The van der Waals surface area contributed by atoms with Crippen LogP contribution in [0.5, 0.6) is 0 Å². The van der Waals surface area contributed by atoms with Gasteiger partial charge in [-0.1, -0.05) is 12.1 Å². The lowest BCUT2D eigenvalue weighted by Crippen LogP contribution is -2.33. The highest BCUT2D eigenvalue weighted by Crippen LogP contribution is 2.48. The van der Waals surface area contributed by atoms with Crippen molar-refractivity contribution in [1.29, 1.82) is 0 Å². The summed E-state index contributed by atoms with van der Waals surface area (Å²) in [6.07, 6.45) is 0.703. The zero-order valence-electron chi connectivity index (χ0n) is 9.97. The molecule has 0 aromatic heterocycles. The third-order valence-electron chi connectivity index (χ3n) is 3.15. The quantitative estimate of drug-likeness (QED) is 0.881. The van der Waals surface area contributed by atoms with Gasteiger partial charge in [0.15, 0.2) is 0 Å². The minimum Gasteiger partial charge on any atom is -0.480 e. The summed E-state index contributed by atoms with van der Waals surface area (Å²) < 4.78 is 12.8. The number of halogens is 1. The van der Waals surface area contributed by atoms with Crippen LogP contribution in [0.4, 0.5) is 4.39 Å². The Morgan fingerprint density at radius 2 is 2.00 bits per heavy atom. The van der Waals surface area contributed by atoms with Crippen molar-refractivity contribution in [3.05, 3.63) is 35.6 Å². The van der Waals surface area contributed by atoms with Crippen LogP contribution in [-0.2, 0) is 9.59 Å². The summed E-state index contributed by atoms with van der Waals surface area (Å²) in [5.41, 5.74) is 0.929. The van der Waals surface area contributed by atoms with Gasteiger partial charge in [0.2, 0.25) is 5.91 Å². The number of hydrogen-bond donors (Lipinski definition) is 1. The molecule has 0 heterocycles. The van der Waals surface area contributed by atoms with Crippen LogP contribution < -0.4 is 0 Å². The first-order valence-corrected chi connectivity index (χ1v) is 5.71. The molecule has 18 heavy (non-hydrogen) atoms. The molecule has 1 N–H and O–H groups in total. The highest BCUT2D eigenvalue weighted by molar-refractivity contribution is 5.85. The van der Waals surface area contributed by atoms with Gasteiger partial charge < -0.3 is 10.0 Å². The van der Waals surface area contributed by atoms with E-state index in [-0.39, 0.29) is 30.1 Å². The second kappa shape index (κ2) is 4.76. The summed E-state index contributed by atoms with van der Waals surface area (Å²) in [7, 11) is 1.48. The fourth-order valence-corrected chi connectivity index (χ4v) is 2.11. The summed E-state index contributed by atoms with van der Waals surface area (Å²) in [6, 6.07) is 6.08. The number of rotatable bonds is 4. The summed E-state index contributed by atoms with van der Waals surface area (Å²) in [6.45, 7) is -0.286. The van der Waals surface area contributed by atoms with Crippen molar-refractivity contribution < 1.29 is 19.1 Å². The van der Waals surface area contributed by atoms with E-state index in [0.717, 1.165) is 5.56 Å². The van der Waals surface area contributed by atoms with Crippen LogP contribution in [-0.4, -0.2) is 35.5 Å². The number of likely N-dealkylation sites (N-methyl/N-ethyl adjacent to an activating group) is 1. The van der Waals surface area contributed by atoms with Gasteiger partial charge >= 0.3 is 5.97 Å².